The van der Waals surface area contributed by atoms with Crippen molar-refractivity contribution in [2.24, 2.45) is 5.92 Å². The van der Waals surface area contributed by atoms with Gasteiger partial charge in [0.15, 0.2) is 0 Å². The predicted molar refractivity (Wildman–Crippen MR) is 135 cm³/mol. The minimum absolute atomic E-state index is 0.0699. The number of phenolic OH excluding ortho intramolecular Hbond substituents is 1. The maximum Gasteiger partial charge on any atom is 0.328 e. The lowest BCUT2D eigenvalue weighted by Crippen LogP contribution is -2.43. The van der Waals surface area contributed by atoms with Gasteiger partial charge in [-0.2, -0.15) is 0 Å². The van der Waals surface area contributed by atoms with Crippen LogP contribution >= 0.6 is 23.2 Å². The van der Waals surface area contributed by atoms with E-state index in [2.05, 4.69) is 10.6 Å². The van der Waals surface area contributed by atoms with E-state index in [1.54, 1.807) is 6.92 Å². The summed E-state index contributed by atoms with van der Waals surface area (Å²) >= 11 is 12.9. The Bertz CT molecular complexity index is 979. The molecule has 1 fully saturated rings. The molecule has 3 rings (SSSR count). The molecule has 2 aromatic carbocycles. The highest BCUT2D eigenvalue weighted by Gasteiger charge is 2.26. The van der Waals surface area contributed by atoms with Gasteiger partial charge in [-0.05, 0) is 68.8 Å². The van der Waals surface area contributed by atoms with E-state index in [0.717, 1.165) is 44.3 Å². The van der Waals surface area contributed by atoms with Crippen molar-refractivity contribution in [1.29, 1.82) is 0 Å². The highest BCUT2D eigenvalue weighted by atomic mass is 35.5. The van der Waals surface area contributed by atoms with E-state index in [1.165, 1.54) is 6.07 Å². The molecule has 1 heterocycles. The number of phenols is 1. The van der Waals surface area contributed by atoms with E-state index in [0.29, 0.717) is 22.9 Å². The fourth-order valence-electron chi connectivity index (χ4n) is 4.31. The molecule has 0 saturated carbocycles. The molecule has 34 heavy (non-hydrogen) atoms. The topological polar surface area (TPSA) is 87.7 Å². The zero-order chi connectivity index (χ0) is 24.5. The third-order valence-corrected chi connectivity index (χ3v) is 6.93. The lowest BCUT2D eigenvalue weighted by Gasteiger charge is -2.22. The molecule has 1 saturated heterocycles. The maximum absolute atomic E-state index is 13.0. The molecular weight excluding hydrogens is 475 g/mol. The maximum atomic E-state index is 13.0. The number of esters is 1. The van der Waals surface area contributed by atoms with Crippen molar-refractivity contribution in [3.05, 3.63) is 63.1 Å². The molecule has 0 aliphatic carbocycles. The first kappa shape index (κ1) is 26.3. The van der Waals surface area contributed by atoms with Gasteiger partial charge in [-0.25, -0.2) is 4.79 Å². The highest BCUT2D eigenvalue weighted by Crippen LogP contribution is 2.37. The number of carbonyl (C=O) groups is 2. The van der Waals surface area contributed by atoms with Crippen LogP contribution in [0.5, 0.6) is 5.75 Å². The Balaban J connectivity index is 1.71. The standard InChI is InChI=1S/C26H32Cl2N2O4/c1-2-34-26(33)22(15-18-7-4-3-5-8-18)30-25(32)20-16-21(27)19(23(28)24(20)31)10-6-9-17-11-13-29-14-12-17/h3-5,7-8,16-17,22,29,31H,2,6,9-15H2,1H3,(H,30,32). The molecule has 0 radical (unpaired) electrons. The van der Waals surface area contributed by atoms with Crippen LogP contribution in [0.25, 0.3) is 0 Å². The number of aromatic hydroxyl groups is 1. The zero-order valence-electron chi connectivity index (χ0n) is 19.4. The number of hydrogen-bond acceptors (Lipinski definition) is 5. The third-order valence-electron chi connectivity index (χ3n) is 6.19. The molecule has 1 atom stereocenters. The average Bonchev–Trinajstić information content (AvgIpc) is 2.84. The quantitative estimate of drug-likeness (QED) is 0.397. The lowest BCUT2D eigenvalue weighted by molar-refractivity contribution is -0.145. The summed E-state index contributed by atoms with van der Waals surface area (Å²) in [6.45, 7) is 3.99. The number of carbonyl (C=O) groups excluding carboxylic acids is 2. The van der Waals surface area contributed by atoms with Crippen LogP contribution in [0.15, 0.2) is 36.4 Å². The number of rotatable bonds is 10. The highest BCUT2D eigenvalue weighted by molar-refractivity contribution is 6.37. The molecule has 1 aliphatic rings. The summed E-state index contributed by atoms with van der Waals surface area (Å²) in [6.07, 6.45) is 5.17. The smallest absolute Gasteiger partial charge is 0.328 e. The SMILES string of the molecule is CCOC(=O)C(Cc1ccccc1)NC(=O)c1cc(Cl)c(CCCC2CCNCC2)c(Cl)c1O. The second kappa shape index (κ2) is 13.0. The minimum Gasteiger partial charge on any atom is -0.506 e. The summed E-state index contributed by atoms with van der Waals surface area (Å²) in [5.41, 5.74) is 1.43. The summed E-state index contributed by atoms with van der Waals surface area (Å²) in [5.74, 6) is -0.841. The molecule has 8 heteroatoms. The third kappa shape index (κ3) is 7.11. The summed E-state index contributed by atoms with van der Waals surface area (Å²) in [4.78, 5) is 25.5. The molecule has 1 amide bonds. The molecule has 3 N–H and O–H groups in total. The zero-order valence-corrected chi connectivity index (χ0v) is 20.9. The van der Waals surface area contributed by atoms with E-state index in [-0.39, 0.29) is 29.4 Å². The van der Waals surface area contributed by atoms with Crippen LogP contribution in [0, 0.1) is 5.92 Å². The van der Waals surface area contributed by atoms with E-state index < -0.39 is 17.9 Å². The van der Waals surface area contributed by atoms with E-state index in [9.17, 15) is 14.7 Å². The Hall–Kier alpha value is -2.28. The molecule has 1 unspecified atom stereocenters. The van der Waals surface area contributed by atoms with Gasteiger partial charge in [0, 0.05) is 11.4 Å². The number of hydrogen-bond donors (Lipinski definition) is 3. The van der Waals surface area contributed by atoms with Gasteiger partial charge in [0.25, 0.3) is 5.91 Å². The Morgan fingerprint density at radius 1 is 1.21 bits per heavy atom. The van der Waals surface area contributed by atoms with E-state index in [1.807, 2.05) is 30.3 Å². The molecular formula is C26H32Cl2N2O4. The molecule has 0 spiro atoms. The van der Waals surface area contributed by atoms with Crippen LogP contribution in [-0.2, 0) is 22.4 Å². The predicted octanol–water partition coefficient (Wildman–Crippen LogP) is 4.93. The van der Waals surface area contributed by atoms with Crippen molar-refractivity contribution in [3.63, 3.8) is 0 Å². The number of ether oxygens (including phenoxy) is 1. The molecule has 0 aromatic heterocycles. The molecule has 6 nitrogen and oxygen atoms in total. The first-order chi connectivity index (χ1) is 16.4. The van der Waals surface area contributed by atoms with E-state index in [4.69, 9.17) is 27.9 Å². The summed E-state index contributed by atoms with van der Waals surface area (Å²) in [7, 11) is 0. The van der Waals surface area contributed by atoms with Gasteiger partial charge in [-0.3, -0.25) is 4.79 Å². The van der Waals surface area contributed by atoms with Gasteiger partial charge in [0.05, 0.1) is 17.2 Å². The lowest BCUT2D eigenvalue weighted by atomic mass is 9.91. The molecule has 184 valence electrons. The summed E-state index contributed by atoms with van der Waals surface area (Å²) in [6, 6.07) is 9.81. The minimum atomic E-state index is -0.920. The fraction of sp³-hybridized carbons (Fsp3) is 0.462. The average molecular weight is 507 g/mol. The van der Waals surface area contributed by atoms with Crippen molar-refractivity contribution in [3.8, 4) is 5.75 Å². The first-order valence-electron chi connectivity index (χ1n) is 11.8. The van der Waals surface area contributed by atoms with Gasteiger partial charge in [-0.15, -0.1) is 0 Å². The second-order valence-corrected chi connectivity index (χ2v) is 9.39. The number of halogens is 2. The summed E-state index contributed by atoms with van der Waals surface area (Å²) in [5, 5.41) is 17.1. The van der Waals surface area contributed by atoms with Gasteiger partial charge >= 0.3 is 5.97 Å². The number of nitrogens with one attached hydrogen (secondary N) is 2. The van der Waals surface area contributed by atoms with Crippen LogP contribution in [0.1, 0.15) is 54.1 Å². The number of benzene rings is 2. The van der Waals surface area contributed by atoms with Crippen molar-refractivity contribution in [1.82, 2.24) is 10.6 Å². The van der Waals surface area contributed by atoms with Crippen LogP contribution in [0.4, 0.5) is 0 Å². The van der Waals surface area contributed by atoms with Crippen molar-refractivity contribution in [2.75, 3.05) is 19.7 Å². The van der Waals surface area contributed by atoms with Gasteiger partial charge in [0.1, 0.15) is 11.8 Å². The molecule has 2 aromatic rings. The van der Waals surface area contributed by atoms with Crippen LogP contribution in [0.3, 0.4) is 0 Å². The van der Waals surface area contributed by atoms with Crippen molar-refractivity contribution in [2.45, 2.75) is 51.5 Å². The number of amides is 1. The first-order valence-corrected chi connectivity index (χ1v) is 12.6. The second-order valence-electron chi connectivity index (χ2n) is 8.60. The largest absolute Gasteiger partial charge is 0.506 e. The normalized spacial score (nSPS) is 15.0. The Kier molecular flexibility index (Phi) is 10.1. The van der Waals surface area contributed by atoms with Crippen LogP contribution in [-0.4, -0.2) is 42.7 Å². The van der Waals surface area contributed by atoms with Gasteiger partial charge < -0.3 is 20.5 Å². The van der Waals surface area contributed by atoms with Crippen LogP contribution in [0.2, 0.25) is 10.0 Å². The monoisotopic (exact) mass is 506 g/mol. The Morgan fingerprint density at radius 2 is 1.91 bits per heavy atom. The van der Waals surface area contributed by atoms with Crippen molar-refractivity contribution < 1.29 is 19.4 Å². The van der Waals surface area contributed by atoms with Crippen LogP contribution < -0.4 is 10.6 Å². The fourth-order valence-corrected chi connectivity index (χ4v) is 4.95. The van der Waals surface area contributed by atoms with Crippen molar-refractivity contribution >= 4 is 35.1 Å². The Labute approximate surface area is 211 Å². The summed E-state index contributed by atoms with van der Waals surface area (Å²) < 4.78 is 5.13. The van der Waals surface area contributed by atoms with E-state index >= 15 is 0 Å². The molecule has 1 aliphatic heterocycles. The molecule has 0 bridgehead atoms. The number of piperidine rings is 1. The van der Waals surface area contributed by atoms with Gasteiger partial charge in [0.2, 0.25) is 0 Å². The van der Waals surface area contributed by atoms with Gasteiger partial charge in [-0.1, -0.05) is 60.0 Å². The Morgan fingerprint density at radius 3 is 2.59 bits per heavy atom.